The molecule has 1 N–H and O–H groups in total. The van der Waals surface area contributed by atoms with E-state index in [1.54, 1.807) is 0 Å². The molecule has 0 aliphatic carbocycles. The molecular formula is C19H28N2O3. The first-order valence-corrected chi connectivity index (χ1v) is 9.16. The highest BCUT2D eigenvalue weighted by Crippen LogP contribution is 2.29. The van der Waals surface area contributed by atoms with Crippen LogP contribution in [0, 0.1) is 0 Å². The van der Waals surface area contributed by atoms with Crippen molar-refractivity contribution in [2.45, 2.75) is 51.1 Å². The van der Waals surface area contributed by atoms with Gasteiger partial charge < -0.3 is 19.7 Å². The predicted molar refractivity (Wildman–Crippen MR) is 93.5 cm³/mol. The van der Waals surface area contributed by atoms with Crippen LogP contribution in [0.3, 0.4) is 0 Å². The third-order valence-corrected chi connectivity index (χ3v) is 4.88. The monoisotopic (exact) mass is 332 g/mol. The van der Waals surface area contributed by atoms with E-state index in [1.165, 1.54) is 0 Å². The van der Waals surface area contributed by atoms with Crippen molar-refractivity contribution in [1.82, 2.24) is 10.2 Å². The number of benzene rings is 1. The number of para-hydroxylation sites is 2. The van der Waals surface area contributed by atoms with Crippen LogP contribution in [0.25, 0.3) is 0 Å². The average Bonchev–Trinajstić information content (AvgIpc) is 2.86. The number of nitrogens with one attached hydrogen (secondary N) is 1. The largest absolute Gasteiger partial charge is 0.490 e. The number of hydrogen-bond acceptors (Lipinski definition) is 4. The van der Waals surface area contributed by atoms with Crippen LogP contribution in [-0.4, -0.2) is 49.2 Å². The Morgan fingerprint density at radius 2 is 1.92 bits per heavy atom. The van der Waals surface area contributed by atoms with Crippen LogP contribution in [0.5, 0.6) is 11.5 Å². The second kappa shape index (κ2) is 8.38. The summed E-state index contributed by atoms with van der Waals surface area (Å²) in [5.74, 6) is 1.81. The second-order valence-corrected chi connectivity index (χ2v) is 6.51. The maximum atomic E-state index is 12.6. The summed E-state index contributed by atoms with van der Waals surface area (Å²) in [6, 6.07) is 8.52. The van der Waals surface area contributed by atoms with E-state index in [1.807, 2.05) is 31.2 Å². The summed E-state index contributed by atoms with van der Waals surface area (Å²) in [6.07, 6.45) is 4.69. The first kappa shape index (κ1) is 17.1. The Morgan fingerprint density at radius 1 is 1.17 bits per heavy atom. The van der Waals surface area contributed by atoms with Crippen molar-refractivity contribution in [1.29, 1.82) is 0 Å². The van der Waals surface area contributed by atoms with Crippen LogP contribution >= 0.6 is 0 Å². The van der Waals surface area contributed by atoms with E-state index in [-0.39, 0.29) is 5.91 Å². The number of hydrogen-bond donors (Lipinski definition) is 1. The fraction of sp³-hybridized carbons (Fsp3) is 0.632. The molecule has 24 heavy (non-hydrogen) atoms. The predicted octanol–water partition coefficient (Wildman–Crippen LogP) is 2.60. The fourth-order valence-electron chi connectivity index (χ4n) is 3.77. The maximum Gasteiger partial charge on any atom is 0.223 e. The zero-order valence-electron chi connectivity index (χ0n) is 14.5. The van der Waals surface area contributed by atoms with Gasteiger partial charge in [-0.2, -0.15) is 0 Å². The number of nitrogens with zero attached hydrogens (tertiary/aromatic N) is 1. The first-order valence-electron chi connectivity index (χ1n) is 9.16. The van der Waals surface area contributed by atoms with Crippen molar-refractivity contribution in [3.63, 3.8) is 0 Å². The molecule has 0 saturated carbocycles. The van der Waals surface area contributed by atoms with E-state index in [0.717, 1.165) is 50.3 Å². The third-order valence-electron chi connectivity index (χ3n) is 4.88. The maximum absolute atomic E-state index is 12.6. The molecule has 2 aliphatic rings. The van der Waals surface area contributed by atoms with Gasteiger partial charge in [0.15, 0.2) is 11.5 Å². The van der Waals surface area contributed by atoms with E-state index in [0.29, 0.717) is 31.7 Å². The van der Waals surface area contributed by atoms with Crippen molar-refractivity contribution in [3.05, 3.63) is 24.3 Å². The molecule has 1 aromatic carbocycles. The van der Waals surface area contributed by atoms with Crippen molar-refractivity contribution >= 4 is 5.91 Å². The van der Waals surface area contributed by atoms with Crippen molar-refractivity contribution < 1.29 is 14.3 Å². The number of carbonyl (C=O) groups is 1. The lowest BCUT2D eigenvalue weighted by Gasteiger charge is -2.28. The van der Waals surface area contributed by atoms with E-state index in [9.17, 15) is 4.79 Å². The van der Waals surface area contributed by atoms with Gasteiger partial charge >= 0.3 is 0 Å². The van der Waals surface area contributed by atoms with Crippen molar-refractivity contribution in [3.8, 4) is 11.5 Å². The van der Waals surface area contributed by atoms with Gasteiger partial charge in [-0.25, -0.2) is 0 Å². The van der Waals surface area contributed by atoms with E-state index < -0.39 is 0 Å². The summed E-state index contributed by atoms with van der Waals surface area (Å²) in [5.41, 5.74) is 0. The minimum atomic E-state index is 0.285. The number of carbonyl (C=O) groups excluding carboxylic acids is 1. The normalized spacial score (nSPS) is 23.0. The third kappa shape index (κ3) is 4.01. The molecule has 132 valence electrons. The van der Waals surface area contributed by atoms with Crippen molar-refractivity contribution in [2.75, 3.05) is 26.3 Å². The smallest absolute Gasteiger partial charge is 0.223 e. The molecule has 2 unspecified atom stereocenters. The average molecular weight is 332 g/mol. The van der Waals surface area contributed by atoms with Crippen LogP contribution < -0.4 is 14.8 Å². The Bertz CT molecular complexity index is 535. The fourth-order valence-corrected chi connectivity index (χ4v) is 3.77. The van der Waals surface area contributed by atoms with Crippen LogP contribution in [0.2, 0.25) is 0 Å². The number of fused-ring (bicyclic) bond motifs is 2. The summed E-state index contributed by atoms with van der Waals surface area (Å²) in [7, 11) is 0. The number of rotatable bonds is 7. The molecule has 1 aromatic rings. The molecule has 2 saturated heterocycles. The van der Waals surface area contributed by atoms with Gasteiger partial charge in [-0.15, -0.1) is 0 Å². The second-order valence-electron chi connectivity index (χ2n) is 6.51. The molecule has 2 heterocycles. The summed E-state index contributed by atoms with van der Waals surface area (Å²) >= 11 is 0. The highest BCUT2D eigenvalue weighted by molar-refractivity contribution is 5.77. The van der Waals surface area contributed by atoms with Gasteiger partial charge in [-0.3, -0.25) is 4.79 Å². The Labute approximate surface area is 144 Å². The summed E-state index contributed by atoms with van der Waals surface area (Å²) in [6.45, 7) is 5.09. The molecule has 1 amide bonds. The highest BCUT2D eigenvalue weighted by Gasteiger charge is 2.37. The Morgan fingerprint density at radius 3 is 2.71 bits per heavy atom. The van der Waals surface area contributed by atoms with E-state index in [4.69, 9.17) is 9.47 Å². The molecule has 2 bridgehead atoms. The molecule has 3 rings (SSSR count). The molecule has 0 spiro atoms. The molecule has 0 radical (unpaired) electrons. The summed E-state index contributed by atoms with van der Waals surface area (Å²) < 4.78 is 11.4. The van der Waals surface area contributed by atoms with Crippen LogP contribution in [0.15, 0.2) is 24.3 Å². The standard InChI is InChI=1S/C19H28N2O3/c1-2-23-17-6-3-4-7-18(17)24-13-5-8-19(22)21-15-9-10-16(21)14-20-12-11-15/h3-4,6-7,15-16,20H,2,5,8-14H2,1H3. The minimum absolute atomic E-state index is 0.285. The lowest BCUT2D eigenvalue weighted by molar-refractivity contribution is -0.134. The van der Waals surface area contributed by atoms with E-state index >= 15 is 0 Å². The van der Waals surface area contributed by atoms with Gasteiger partial charge in [0.05, 0.1) is 13.2 Å². The quantitative estimate of drug-likeness (QED) is 0.780. The lowest BCUT2D eigenvalue weighted by atomic mass is 10.1. The summed E-state index contributed by atoms with van der Waals surface area (Å²) in [5, 5.41) is 3.44. The van der Waals surface area contributed by atoms with Gasteiger partial charge in [0.25, 0.3) is 0 Å². The molecule has 5 nitrogen and oxygen atoms in total. The van der Waals surface area contributed by atoms with Gasteiger partial charge in [0.1, 0.15) is 0 Å². The highest BCUT2D eigenvalue weighted by atomic mass is 16.5. The SMILES string of the molecule is CCOc1ccccc1OCCCC(=O)N1C2CCNCC1CC2. The van der Waals surface area contributed by atoms with Crippen molar-refractivity contribution in [2.24, 2.45) is 0 Å². The van der Waals surface area contributed by atoms with Crippen LogP contribution in [-0.2, 0) is 4.79 Å². The Kier molecular flexibility index (Phi) is 5.96. The van der Waals surface area contributed by atoms with Crippen LogP contribution in [0.4, 0.5) is 0 Å². The first-order chi connectivity index (χ1) is 11.8. The van der Waals surface area contributed by atoms with Gasteiger partial charge in [0, 0.05) is 25.0 Å². The zero-order chi connectivity index (χ0) is 16.8. The van der Waals surface area contributed by atoms with Crippen LogP contribution in [0.1, 0.15) is 39.0 Å². The minimum Gasteiger partial charge on any atom is -0.490 e. The topological polar surface area (TPSA) is 50.8 Å². The lowest BCUT2D eigenvalue weighted by Crippen LogP contribution is -2.42. The van der Waals surface area contributed by atoms with E-state index in [2.05, 4.69) is 10.2 Å². The zero-order valence-corrected chi connectivity index (χ0v) is 14.5. The Hall–Kier alpha value is -1.75. The van der Waals surface area contributed by atoms with Gasteiger partial charge in [0.2, 0.25) is 5.91 Å². The summed E-state index contributed by atoms with van der Waals surface area (Å²) in [4.78, 5) is 14.8. The molecule has 0 aromatic heterocycles. The molecular weight excluding hydrogens is 304 g/mol. The van der Waals surface area contributed by atoms with Gasteiger partial charge in [-0.05, 0) is 51.3 Å². The molecule has 2 fully saturated rings. The molecule has 5 heteroatoms. The number of amides is 1. The van der Waals surface area contributed by atoms with Gasteiger partial charge in [-0.1, -0.05) is 12.1 Å². The number of ether oxygens (including phenoxy) is 2. The Balaban J connectivity index is 1.46. The molecule has 2 aliphatic heterocycles. The molecule has 2 atom stereocenters.